The molecule has 6 atom stereocenters. The summed E-state index contributed by atoms with van der Waals surface area (Å²) in [5, 5.41) is 20.6. The lowest BCUT2D eigenvalue weighted by atomic mass is 9.50. The van der Waals surface area contributed by atoms with E-state index in [2.05, 4.69) is 13.0 Å². The van der Waals surface area contributed by atoms with Gasteiger partial charge in [-0.05, 0) is 56.4 Å². The van der Waals surface area contributed by atoms with Gasteiger partial charge in [-0.1, -0.05) is 38.0 Å². The maximum atomic E-state index is 12.4. The second-order valence-corrected chi connectivity index (χ2v) is 9.52. The van der Waals surface area contributed by atoms with Crippen LogP contribution in [0.5, 0.6) is 0 Å². The molecule has 4 aliphatic rings. The summed E-state index contributed by atoms with van der Waals surface area (Å²) in [5.41, 5.74) is 0.721. The molecule has 4 rings (SSSR count). The Morgan fingerprint density at radius 2 is 2.04 bits per heavy atom. The van der Waals surface area contributed by atoms with E-state index in [0.717, 1.165) is 25.7 Å². The van der Waals surface area contributed by atoms with Crippen molar-refractivity contribution >= 4 is 11.6 Å². The summed E-state index contributed by atoms with van der Waals surface area (Å²) in [6, 6.07) is 0. The minimum absolute atomic E-state index is 0.0492. The van der Waals surface area contributed by atoms with Crippen LogP contribution in [0.4, 0.5) is 0 Å². The largest absolute Gasteiger partial charge is 0.388 e. The van der Waals surface area contributed by atoms with Crippen LogP contribution in [-0.4, -0.2) is 34.0 Å². The van der Waals surface area contributed by atoms with Crippen molar-refractivity contribution in [1.29, 1.82) is 0 Å². The average molecular weight is 358 g/mol. The zero-order valence-corrected chi connectivity index (χ0v) is 16.0. The normalized spacial score (nSPS) is 47.4. The number of Topliss-reactive ketones (excluding diaryl/α,β-unsaturated/α-hetero) is 1. The Morgan fingerprint density at radius 1 is 1.31 bits per heavy atom. The van der Waals surface area contributed by atoms with Crippen molar-refractivity contribution in [2.24, 2.45) is 28.6 Å². The molecule has 0 radical (unpaired) electrons. The summed E-state index contributed by atoms with van der Waals surface area (Å²) in [7, 11) is 0. The molecule has 2 saturated carbocycles. The van der Waals surface area contributed by atoms with Crippen LogP contribution in [0.2, 0.25) is 0 Å². The van der Waals surface area contributed by atoms with Crippen molar-refractivity contribution in [3.63, 3.8) is 0 Å². The molecule has 4 aliphatic carbocycles. The lowest BCUT2D eigenvalue weighted by Gasteiger charge is -2.55. The van der Waals surface area contributed by atoms with Crippen LogP contribution in [0.25, 0.3) is 0 Å². The van der Waals surface area contributed by atoms with E-state index in [1.807, 2.05) is 19.9 Å². The molecular formula is C22H30O4. The summed E-state index contributed by atoms with van der Waals surface area (Å²) in [6.07, 6.45) is 8.86. The molecule has 0 spiro atoms. The maximum Gasteiger partial charge on any atom is 0.190 e. The Bertz CT molecular complexity index is 734. The number of rotatable bonds is 2. The van der Waals surface area contributed by atoms with Crippen molar-refractivity contribution in [3.8, 4) is 0 Å². The number of fused-ring (bicyclic) bond motifs is 5. The first-order valence-electron chi connectivity index (χ1n) is 9.99. The fourth-order valence-electron chi connectivity index (χ4n) is 6.79. The van der Waals surface area contributed by atoms with Crippen molar-refractivity contribution < 1.29 is 19.8 Å². The van der Waals surface area contributed by atoms with E-state index in [9.17, 15) is 19.8 Å². The van der Waals surface area contributed by atoms with Crippen molar-refractivity contribution in [1.82, 2.24) is 0 Å². The minimum Gasteiger partial charge on any atom is -0.388 e. The molecule has 0 aromatic heterocycles. The lowest BCUT2D eigenvalue weighted by Crippen LogP contribution is -2.55. The maximum absolute atomic E-state index is 12.4. The Kier molecular flexibility index (Phi) is 3.92. The van der Waals surface area contributed by atoms with E-state index in [-0.39, 0.29) is 23.0 Å². The highest BCUT2D eigenvalue weighted by Gasteiger charge is 2.64. The highest BCUT2D eigenvalue weighted by Crippen LogP contribution is 2.65. The van der Waals surface area contributed by atoms with E-state index in [4.69, 9.17) is 0 Å². The van der Waals surface area contributed by atoms with E-state index in [1.54, 1.807) is 0 Å². The highest BCUT2D eigenvalue weighted by molar-refractivity contribution is 5.94. The predicted octanol–water partition coefficient (Wildman–Crippen LogP) is 2.98. The third kappa shape index (κ3) is 2.09. The molecule has 0 heterocycles. The second-order valence-electron chi connectivity index (χ2n) is 9.52. The number of carbonyl (C=O) groups excluding carboxylic acids is 2. The molecule has 0 amide bonds. The summed E-state index contributed by atoms with van der Waals surface area (Å²) in [4.78, 5) is 24.5. The topological polar surface area (TPSA) is 74.6 Å². The first-order valence-corrected chi connectivity index (χ1v) is 9.99. The lowest BCUT2D eigenvalue weighted by molar-refractivity contribution is -0.155. The van der Waals surface area contributed by atoms with E-state index in [0.29, 0.717) is 18.8 Å². The van der Waals surface area contributed by atoms with Gasteiger partial charge in [0, 0.05) is 16.7 Å². The molecular weight excluding hydrogens is 328 g/mol. The monoisotopic (exact) mass is 358 g/mol. The summed E-state index contributed by atoms with van der Waals surface area (Å²) >= 11 is 0. The first kappa shape index (κ1) is 18.1. The van der Waals surface area contributed by atoms with Gasteiger partial charge in [0.05, 0.1) is 0 Å². The first-order chi connectivity index (χ1) is 12.2. The number of ketones is 2. The third-order valence-corrected chi connectivity index (χ3v) is 8.40. The molecule has 0 aromatic carbocycles. The predicted molar refractivity (Wildman–Crippen MR) is 98.3 cm³/mol. The second kappa shape index (κ2) is 5.62. The van der Waals surface area contributed by atoms with Gasteiger partial charge in [0.2, 0.25) is 0 Å². The van der Waals surface area contributed by atoms with Gasteiger partial charge >= 0.3 is 0 Å². The number of hydrogen-bond acceptors (Lipinski definition) is 4. The number of hydrogen-bond donors (Lipinski definition) is 2. The van der Waals surface area contributed by atoms with Crippen molar-refractivity contribution in [2.45, 2.75) is 64.9 Å². The van der Waals surface area contributed by atoms with Gasteiger partial charge in [0.25, 0.3) is 0 Å². The highest BCUT2D eigenvalue weighted by atomic mass is 16.3. The van der Waals surface area contributed by atoms with Crippen molar-refractivity contribution in [3.05, 3.63) is 23.3 Å². The number of carbonyl (C=O) groups is 2. The smallest absolute Gasteiger partial charge is 0.190 e. The third-order valence-electron chi connectivity index (χ3n) is 8.40. The molecule has 0 saturated heterocycles. The summed E-state index contributed by atoms with van der Waals surface area (Å²) in [5.74, 6) is 0.485. The van der Waals surface area contributed by atoms with E-state index < -0.39 is 23.4 Å². The Morgan fingerprint density at radius 3 is 2.73 bits per heavy atom. The van der Waals surface area contributed by atoms with Crippen LogP contribution in [0, 0.1) is 28.6 Å². The SMILES string of the molecule is CC1C[C@@]2(C)C(=CC1=O)CC[C@@H]1C2=CC[C@@]2(C)[C@H]1CC[C@]2(O)C(=O)CO. The van der Waals surface area contributed by atoms with Gasteiger partial charge in [-0.25, -0.2) is 0 Å². The zero-order valence-electron chi connectivity index (χ0n) is 16.0. The molecule has 0 bridgehead atoms. The van der Waals surface area contributed by atoms with E-state index >= 15 is 0 Å². The Labute approximate surface area is 155 Å². The van der Waals surface area contributed by atoms with Crippen LogP contribution in [-0.2, 0) is 9.59 Å². The standard InChI is InChI=1S/C22H30O4/c1-13-11-20(2)14(10-18(13)24)4-5-15-16(20)6-8-21(3)17(15)7-9-22(21,26)19(25)12-23/h6,10,13,15,17,23,26H,4-5,7-9,11-12H2,1-3H3/t13?,15-,17+,20+,21+,22+/m1/s1. The molecule has 4 heteroatoms. The molecule has 26 heavy (non-hydrogen) atoms. The van der Waals surface area contributed by atoms with Gasteiger partial charge < -0.3 is 10.2 Å². The molecule has 2 fully saturated rings. The number of aliphatic hydroxyl groups is 2. The Balaban J connectivity index is 1.76. The van der Waals surface area contributed by atoms with Gasteiger partial charge in [0.1, 0.15) is 12.2 Å². The fourth-order valence-corrected chi connectivity index (χ4v) is 6.79. The van der Waals surface area contributed by atoms with Crippen LogP contribution in [0.3, 0.4) is 0 Å². The quantitative estimate of drug-likeness (QED) is 0.744. The molecule has 2 N–H and O–H groups in total. The van der Waals surface area contributed by atoms with Gasteiger partial charge in [-0.15, -0.1) is 0 Å². The Hall–Kier alpha value is -1.26. The van der Waals surface area contributed by atoms with Crippen molar-refractivity contribution in [2.75, 3.05) is 6.61 Å². The van der Waals surface area contributed by atoms with Gasteiger partial charge in [0.15, 0.2) is 11.6 Å². The minimum atomic E-state index is -1.42. The summed E-state index contributed by atoms with van der Waals surface area (Å²) < 4.78 is 0. The molecule has 0 aromatic rings. The molecule has 0 aliphatic heterocycles. The number of allylic oxidation sites excluding steroid dienone is 4. The zero-order chi connectivity index (χ0) is 18.9. The molecule has 1 unspecified atom stereocenters. The van der Waals surface area contributed by atoms with Gasteiger partial charge in [-0.2, -0.15) is 0 Å². The fraction of sp³-hybridized carbons (Fsp3) is 0.727. The van der Waals surface area contributed by atoms with Crippen LogP contribution < -0.4 is 0 Å². The van der Waals surface area contributed by atoms with E-state index in [1.165, 1.54) is 11.1 Å². The summed E-state index contributed by atoms with van der Waals surface area (Å²) in [6.45, 7) is 5.74. The average Bonchev–Trinajstić information content (AvgIpc) is 2.88. The van der Waals surface area contributed by atoms with Gasteiger partial charge in [-0.3, -0.25) is 9.59 Å². The van der Waals surface area contributed by atoms with Crippen LogP contribution in [0.15, 0.2) is 23.3 Å². The molecule has 4 nitrogen and oxygen atoms in total. The molecule has 142 valence electrons. The number of aliphatic hydroxyl groups excluding tert-OH is 1. The van der Waals surface area contributed by atoms with Crippen LogP contribution >= 0.6 is 0 Å². The van der Waals surface area contributed by atoms with Crippen LogP contribution in [0.1, 0.15) is 59.3 Å².